The van der Waals surface area contributed by atoms with Crippen LogP contribution >= 0.6 is 0 Å². The topological polar surface area (TPSA) is 102 Å². The van der Waals surface area contributed by atoms with Crippen molar-refractivity contribution >= 4 is 17.6 Å². The summed E-state index contributed by atoms with van der Waals surface area (Å²) in [5.74, 6) is -0.227. The van der Waals surface area contributed by atoms with E-state index in [-0.39, 0.29) is 12.3 Å². The van der Waals surface area contributed by atoms with E-state index in [0.717, 1.165) is 11.1 Å². The molecular weight excluding hydrogens is 282 g/mol. The van der Waals surface area contributed by atoms with Gasteiger partial charge in [0.2, 0.25) is 5.91 Å². The summed E-state index contributed by atoms with van der Waals surface area (Å²) < 4.78 is 1.59. The standard InChI is InChI=1S/C15H19N5O2/c1-10-5-3-4-6-12(10)13(19-15(16)22)7-14(21)18-11-8-17-20(2)9-11/h3-6,8-9,13H,7H2,1-2H3,(H,18,21)(H3,16,19,22). The maximum absolute atomic E-state index is 12.2. The Morgan fingerprint density at radius 3 is 2.68 bits per heavy atom. The van der Waals surface area contributed by atoms with Gasteiger partial charge in [0.05, 0.1) is 24.3 Å². The number of rotatable bonds is 5. The lowest BCUT2D eigenvalue weighted by atomic mass is 9.98. The minimum Gasteiger partial charge on any atom is -0.352 e. The number of carbonyl (C=O) groups is 2. The molecule has 1 unspecified atom stereocenters. The molecule has 0 saturated carbocycles. The molecule has 0 aliphatic carbocycles. The molecule has 7 heteroatoms. The third kappa shape index (κ3) is 4.08. The van der Waals surface area contributed by atoms with Crippen molar-refractivity contribution in [2.24, 2.45) is 12.8 Å². The zero-order chi connectivity index (χ0) is 16.1. The van der Waals surface area contributed by atoms with Crippen LogP contribution in [0, 0.1) is 6.92 Å². The molecule has 0 bridgehead atoms. The Hall–Kier alpha value is -2.83. The summed E-state index contributed by atoms with van der Waals surface area (Å²) in [5.41, 5.74) is 7.67. The Labute approximate surface area is 128 Å². The normalized spacial score (nSPS) is 11.7. The highest BCUT2D eigenvalue weighted by molar-refractivity contribution is 5.91. The van der Waals surface area contributed by atoms with E-state index >= 15 is 0 Å². The number of urea groups is 1. The Balaban J connectivity index is 2.11. The number of nitrogens with one attached hydrogen (secondary N) is 2. The third-order valence-corrected chi connectivity index (χ3v) is 3.26. The van der Waals surface area contributed by atoms with E-state index < -0.39 is 12.1 Å². The van der Waals surface area contributed by atoms with Crippen molar-refractivity contribution in [1.82, 2.24) is 15.1 Å². The van der Waals surface area contributed by atoms with Crippen molar-refractivity contribution in [1.29, 1.82) is 0 Å². The van der Waals surface area contributed by atoms with E-state index in [1.54, 1.807) is 24.1 Å². The number of hydrogen-bond acceptors (Lipinski definition) is 3. The van der Waals surface area contributed by atoms with Crippen molar-refractivity contribution in [2.75, 3.05) is 5.32 Å². The molecule has 2 aromatic rings. The van der Waals surface area contributed by atoms with Gasteiger partial charge in [0.15, 0.2) is 0 Å². The Bertz CT molecular complexity index is 680. The highest BCUT2D eigenvalue weighted by Crippen LogP contribution is 2.21. The first-order valence-corrected chi connectivity index (χ1v) is 6.85. The lowest BCUT2D eigenvalue weighted by Gasteiger charge is -2.19. The van der Waals surface area contributed by atoms with Crippen LogP contribution < -0.4 is 16.4 Å². The Kier molecular flexibility index (Phi) is 4.77. The van der Waals surface area contributed by atoms with Crippen LogP contribution in [-0.2, 0) is 11.8 Å². The van der Waals surface area contributed by atoms with Gasteiger partial charge in [0, 0.05) is 13.2 Å². The van der Waals surface area contributed by atoms with Crippen molar-refractivity contribution < 1.29 is 9.59 Å². The van der Waals surface area contributed by atoms with Gasteiger partial charge in [-0.2, -0.15) is 5.10 Å². The fourth-order valence-electron chi connectivity index (χ4n) is 2.27. The van der Waals surface area contributed by atoms with Crippen LogP contribution in [-0.4, -0.2) is 21.7 Å². The van der Waals surface area contributed by atoms with Crippen molar-refractivity contribution in [3.05, 3.63) is 47.8 Å². The van der Waals surface area contributed by atoms with Crippen molar-refractivity contribution in [2.45, 2.75) is 19.4 Å². The molecule has 4 N–H and O–H groups in total. The first-order chi connectivity index (χ1) is 10.5. The van der Waals surface area contributed by atoms with E-state index in [4.69, 9.17) is 5.73 Å². The largest absolute Gasteiger partial charge is 0.352 e. The zero-order valence-electron chi connectivity index (χ0n) is 12.5. The van der Waals surface area contributed by atoms with Gasteiger partial charge in [-0.25, -0.2) is 4.79 Å². The Morgan fingerprint density at radius 1 is 1.36 bits per heavy atom. The van der Waals surface area contributed by atoms with E-state index in [1.165, 1.54) is 0 Å². The monoisotopic (exact) mass is 301 g/mol. The van der Waals surface area contributed by atoms with Gasteiger partial charge in [-0.1, -0.05) is 24.3 Å². The van der Waals surface area contributed by atoms with Gasteiger partial charge in [-0.15, -0.1) is 0 Å². The van der Waals surface area contributed by atoms with Crippen molar-refractivity contribution in [3.8, 4) is 0 Å². The smallest absolute Gasteiger partial charge is 0.312 e. The summed E-state index contributed by atoms with van der Waals surface area (Å²) in [6.45, 7) is 1.92. The molecule has 0 radical (unpaired) electrons. The molecule has 0 fully saturated rings. The van der Waals surface area contributed by atoms with Gasteiger partial charge >= 0.3 is 6.03 Å². The third-order valence-electron chi connectivity index (χ3n) is 3.26. The lowest BCUT2D eigenvalue weighted by molar-refractivity contribution is -0.116. The van der Waals surface area contributed by atoms with Crippen molar-refractivity contribution in [3.63, 3.8) is 0 Å². The van der Waals surface area contributed by atoms with Crippen LogP contribution in [0.4, 0.5) is 10.5 Å². The molecule has 2 rings (SSSR count). The van der Waals surface area contributed by atoms with Gasteiger partial charge in [0.25, 0.3) is 0 Å². The molecule has 1 aromatic carbocycles. The number of aromatic nitrogens is 2. The molecule has 3 amide bonds. The summed E-state index contributed by atoms with van der Waals surface area (Å²) in [5, 5.41) is 9.34. The molecule has 1 atom stereocenters. The molecule has 1 aromatic heterocycles. The molecular formula is C15H19N5O2. The van der Waals surface area contributed by atoms with Crippen LogP contribution in [0.5, 0.6) is 0 Å². The number of aryl methyl sites for hydroxylation is 2. The highest BCUT2D eigenvalue weighted by atomic mass is 16.2. The van der Waals surface area contributed by atoms with Crippen LogP contribution in [0.3, 0.4) is 0 Å². The molecule has 1 heterocycles. The first kappa shape index (κ1) is 15.6. The van der Waals surface area contributed by atoms with Gasteiger partial charge in [-0.3, -0.25) is 9.48 Å². The average molecular weight is 301 g/mol. The zero-order valence-corrected chi connectivity index (χ0v) is 12.5. The summed E-state index contributed by atoms with van der Waals surface area (Å²) >= 11 is 0. The minimum absolute atomic E-state index is 0.0860. The molecule has 7 nitrogen and oxygen atoms in total. The molecule has 0 aliphatic rings. The number of primary amides is 1. The summed E-state index contributed by atoms with van der Waals surface area (Å²) in [4.78, 5) is 23.4. The molecule has 22 heavy (non-hydrogen) atoms. The molecule has 0 saturated heterocycles. The van der Waals surface area contributed by atoms with E-state index in [2.05, 4.69) is 15.7 Å². The number of hydrogen-bond donors (Lipinski definition) is 3. The van der Waals surface area contributed by atoms with E-state index in [1.807, 2.05) is 31.2 Å². The maximum Gasteiger partial charge on any atom is 0.312 e. The fourth-order valence-corrected chi connectivity index (χ4v) is 2.27. The second kappa shape index (κ2) is 6.75. The van der Waals surface area contributed by atoms with Crippen LogP contribution in [0.2, 0.25) is 0 Å². The quantitative estimate of drug-likeness (QED) is 0.779. The van der Waals surface area contributed by atoms with Crippen LogP contribution in [0.15, 0.2) is 36.7 Å². The van der Waals surface area contributed by atoms with Gasteiger partial charge in [-0.05, 0) is 18.1 Å². The summed E-state index contributed by atoms with van der Waals surface area (Å²) in [7, 11) is 1.76. The van der Waals surface area contributed by atoms with Crippen LogP contribution in [0.25, 0.3) is 0 Å². The minimum atomic E-state index is -0.664. The number of amides is 3. The van der Waals surface area contributed by atoms with E-state index in [9.17, 15) is 9.59 Å². The highest BCUT2D eigenvalue weighted by Gasteiger charge is 2.19. The second-order valence-electron chi connectivity index (χ2n) is 5.07. The fraction of sp³-hybridized carbons (Fsp3) is 0.267. The maximum atomic E-state index is 12.2. The number of anilines is 1. The molecule has 116 valence electrons. The summed E-state index contributed by atoms with van der Waals surface area (Å²) in [6.07, 6.45) is 3.34. The molecule has 0 aliphatic heterocycles. The first-order valence-electron chi connectivity index (χ1n) is 6.85. The molecule has 0 spiro atoms. The Morgan fingerprint density at radius 2 is 2.09 bits per heavy atom. The SMILES string of the molecule is Cc1ccccc1C(CC(=O)Nc1cnn(C)c1)NC(N)=O. The van der Waals surface area contributed by atoms with Gasteiger partial charge < -0.3 is 16.4 Å². The number of nitrogens with two attached hydrogens (primary N) is 1. The number of carbonyl (C=O) groups excluding carboxylic acids is 2. The predicted molar refractivity (Wildman–Crippen MR) is 83.1 cm³/mol. The van der Waals surface area contributed by atoms with E-state index in [0.29, 0.717) is 5.69 Å². The lowest BCUT2D eigenvalue weighted by Crippen LogP contribution is -2.35. The summed E-state index contributed by atoms with van der Waals surface area (Å²) in [6, 6.07) is 6.40. The number of nitrogens with zero attached hydrogens (tertiary/aromatic N) is 2. The van der Waals surface area contributed by atoms with Gasteiger partial charge in [0.1, 0.15) is 0 Å². The van der Waals surface area contributed by atoms with Crippen LogP contribution in [0.1, 0.15) is 23.6 Å². The second-order valence-corrected chi connectivity index (χ2v) is 5.07. The predicted octanol–water partition coefficient (Wildman–Crippen LogP) is 1.47. The average Bonchev–Trinajstić information content (AvgIpc) is 2.83. The number of benzene rings is 1.